The normalized spacial score (nSPS) is 12.2. The number of aliphatic hydroxyl groups excluding tert-OH is 1. The van der Waals surface area contributed by atoms with Gasteiger partial charge in [0.15, 0.2) is 11.6 Å². The Balaban J connectivity index is 2.28. The maximum absolute atomic E-state index is 13.6. The minimum Gasteiger partial charge on any atom is -0.496 e. The van der Waals surface area contributed by atoms with Gasteiger partial charge in [0.25, 0.3) is 0 Å². The van der Waals surface area contributed by atoms with Crippen LogP contribution in [0.3, 0.4) is 0 Å². The van der Waals surface area contributed by atoms with E-state index in [0.29, 0.717) is 16.3 Å². The lowest BCUT2D eigenvalue weighted by atomic mass is 10.00. The molecule has 5 heteroatoms. The molecule has 0 radical (unpaired) electrons. The second kappa shape index (κ2) is 6.20. The molecule has 2 aromatic carbocycles. The van der Waals surface area contributed by atoms with E-state index in [1.54, 1.807) is 18.2 Å². The fourth-order valence-electron chi connectivity index (χ4n) is 1.98. The van der Waals surface area contributed by atoms with Crippen LogP contribution in [0, 0.1) is 11.6 Å². The van der Waals surface area contributed by atoms with Gasteiger partial charge in [0.2, 0.25) is 0 Å². The van der Waals surface area contributed by atoms with E-state index >= 15 is 0 Å². The van der Waals surface area contributed by atoms with Crippen LogP contribution in [0.25, 0.3) is 0 Å². The van der Waals surface area contributed by atoms with Gasteiger partial charge >= 0.3 is 0 Å². The SMILES string of the molecule is COc1cc(Cl)ccc1C(O)Cc1cccc(F)c1F. The summed E-state index contributed by atoms with van der Waals surface area (Å²) in [6.45, 7) is 0. The Morgan fingerprint density at radius 2 is 2.00 bits per heavy atom. The number of aliphatic hydroxyl groups is 1. The molecule has 0 heterocycles. The van der Waals surface area contributed by atoms with E-state index in [9.17, 15) is 13.9 Å². The Bertz CT molecular complexity index is 617. The molecular formula is C15H13ClF2O2. The summed E-state index contributed by atoms with van der Waals surface area (Å²) < 4.78 is 31.8. The zero-order valence-electron chi connectivity index (χ0n) is 10.7. The lowest BCUT2D eigenvalue weighted by Gasteiger charge is -2.15. The minimum atomic E-state index is -1.02. The van der Waals surface area contributed by atoms with Gasteiger partial charge in [-0.2, -0.15) is 0 Å². The fourth-order valence-corrected chi connectivity index (χ4v) is 2.15. The molecule has 0 bridgehead atoms. The van der Waals surface area contributed by atoms with Gasteiger partial charge < -0.3 is 9.84 Å². The highest BCUT2D eigenvalue weighted by atomic mass is 35.5. The number of methoxy groups -OCH3 is 1. The number of hydrogen-bond donors (Lipinski definition) is 1. The first-order chi connectivity index (χ1) is 9.52. The highest BCUT2D eigenvalue weighted by Crippen LogP contribution is 2.30. The van der Waals surface area contributed by atoms with Crippen LogP contribution in [0.1, 0.15) is 17.2 Å². The molecule has 0 saturated heterocycles. The van der Waals surface area contributed by atoms with E-state index < -0.39 is 17.7 Å². The minimum absolute atomic E-state index is 0.0540. The van der Waals surface area contributed by atoms with Crippen molar-refractivity contribution in [3.63, 3.8) is 0 Å². The zero-order chi connectivity index (χ0) is 14.7. The van der Waals surface area contributed by atoms with Crippen molar-refractivity contribution in [1.82, 2.24) is 0 Å². The summed E-state index contributed by atoms with van der Waals surface area (Å²) in [6.07, 6.45) is -1.07. The summed E-state index contributed by atoms with van der Waals surface area (Å²) in [5.74, 6) is -1.47. The molecule has 0 aliphatic carbocycles. The fraction of sp³-hybridized carbons (Fsp3) is 0.200. The molecule has 0 saturated carbocycles. The van der Waals surface area contributed by atoms with Crippen molar-refractivity contribution >= 4 is 11.6 Å². The average molecular weight is 299 g/mol. The summed E-state index contributed by atoms with van der Waals surface area (Å²) >= 11 is 5.84. The first-order valence-electron chi connectivity index (χ1n) is 5.97. The molecule has 0 amide bonds. The highest BCUT2D eigenvalue weighted by molar-refractivity contribution is 6.30. The second-order valence-electron chi connectivity index (χ2n) is 4.32. The summed E-state index contributed by atoms with van der Waals surface area (Å²) in [4.78, 5) is 0. The average Bonchev–Trinajstić information content (AvgIpc) is 2.43. The molecule has 0 aliphatic rings. The van der Waals surface area contributed by atoms with Crippen LogP contribution in [0.5, 0.6) is 5.75 Å². The molecule has 0 aliphatic heterocycles. The number of benzene rings is 2. The predicted octanol–water partition coefficient (Wildman–Crippen LogP) is 3.90. The first kappa shape index (κ1) is 14.8. The van der Waals surface area contributed by atoms with Crippen LogP contribution in [0.15, 0.2) is 36.4 Å². The third-order valence-corrected chi connectivity index (χ3v) is 3.23. The van der Waals surface area contributed by atoms with E-state index in [2.05, 4.69) is 0 Å². The molecule has 2 nitrogen and oxygen atoms in total. The van der Waals surface area contributed by atoms with Crippen molar-refractivity contribution in [2.75, 3.05) is 7.11 Å². The zero-order valence-corrected chi connectivity index (χ0v) is 11.5. The van der Waals surface area contributed by atoms with Gasteiger partial charge in [-0.1, -0.05) is 29.8 Å². The lowest BCUT2D eigenvalue weighted by Crippen LogP contribution is -2.06. The van der Waals surface area contributed by atoms with E-state index in [0.717, 1.165) is 6.07 Å². The maximum Gasteiger partial charge on any atom is 0.162 e. The van der Waals surface area contributed by atoms with Gasteiger partial charge in [-0.05, 0) is 23.8 Å². The monoisotopic (exact) mass is 298 g/mol. The van der Waals surface area contributed by atoms with Crippen LogP contribution in [-0.2, 0) is 6.42 Å². The number of halogens is 3. The molecule has 0 fully saturated rings. The van der Waals surface area contributed by atoms with Crippen molar-refractivity contribution < 1.29 is 18.6 Å². The molecule has 106 valence electrons. The van der Waals surface area contributed by atoms with Crippen molar-refractivity contribution in [2.45, 2.75) is 12.5 Å². The Morgan fingerprint density at radius 3 is 2.70 bits per heavy atom. The van der Waals surface area contributed by atoms with Gasteiger partial charge in [0.1, 0.15) is 5.75 Å². The van der Waals surface area contributed by atoms with Crippen LogP contribution < -0.4 is 4.74 Å². The summed E-state index contributed by atoms with van der Waals surface area (Å²) in [5.41, 5.74) is 0.579. The maximum atomic E-state index is 13.6. The molecule has 2 rings (SSSR count). The first-order valence-corrected chi connectivity index (χ1v) is 6.35. The Hall–Kier alpha value is -1.65. The number of hydrogen-bond acceptors (Lipinski definition) is 2. The molecule has 0 spiro atoms. The lowest BCUT2D eigenvalue weighted by molar-refractivity contribution is 0.172. The summed E-state index contributed by atoms with van der Waals surface area (Å²) in [7, 11) is 1.45. The largest absolute Gasteiger partial charge is 0.496 e. The Labute approximate surface area is 120 Å². The van der Waals surface area contributed by atoms with E-state index in [1.165, 1.54) is 19.2 Å². The molecule has 2 aromatic rings. The summed E-state index contributed by atoms with van der Waals surface area (Å²) in [5, 5.41) is 10.6. The highest BCUT2D eigenvalue weighted by Gasteiger charge is 2.17. The Kier molecular flexibility index (Phi) is 4.57. The van der Waals surface area contributed by atoms with E-state index in [1.807, 2.05) is 0 Å². The van der Waals surface area contributed by atoms with Crippen molar-refractivity contribution in [3.8, 4) is 5.75 Å². The van der Waals surface area contributed by atoms with Gasteiger partial charge in [0.05, 0.1) is 13.2 Å². The topological polar surface area (TPSA) is 29.5 Å². The van der Waals surface area contributed by atoms with Crippen LogP contribution in [-0.4, -0.2) is 12.2 Å². The summed E-state index contributed by atoms with van der Waals surface area (Å²) in [6, 6.07) is 8.63. The van der Waals surface area contributed by atoms with Crippen LogP contribution in [0.4, 0.5) is 8.78 Å². The molecule has 1 unspecified atom stereocenters. The van der Waals surface area contributed by atoms with Crippen molar-refractivity contribution in [3.05, 3.63) is 64.2 Å². The van der Waals surface area contributed by atoms with Crippen molar-refractivity contribution in [1.29, 1.82) is 0 Å². The van der Waals surface area contributed by atoms with Gasteiger partial charge in [-0.15, -0.1) is 0 Å². The quantitative estimate of drug-likeness (QED) is 0.927. The Morgan fingerprint density at radius 1 is 1.25 bits per heavy atom. The standard InChI is InChI=1S/C15H13ClF2O2/c1-20-14-8-10(16)5-6-11(14)13(19)7-9-3-2-4-12(17)15(9)18/h2-6,8,13,19H,7H2,1H3. The predicted molar refractivity (Wildman–Crippen MR) is 73.0 cm³/mol. The molecule has 20 heavy (non-hydrogen) atoms. The van der Waals surface area contributed by atoms with Crippen LogP contribution in [0.2, 0.25) is 5.02 Å². The van der Waals surface area contributed by atoms with E-state index in [-0.39, 0.29) is 12.0 Å². The third-order valence-electron chi connectivity index (χ3n) is 3.00. The van der Waals surface area contributed by atoms with Gasteiger partial charge in [-0.25, -0.2) is 8.78 Å². The van der Waals surface area contributed by atoms with Crippen molar-refractivity contribution in [2.24, 2.45) is 0 Å². The van der Waals surface area contributed by atoms with Gasteiger partial charge in [-0.3, -0.25) is 0 Å². The second-order valence-corrected chi connectivity index (χ2v) is 4.76. The van der Waals surface area contributed by atoms with Gasteiger partial charge in [0, 0.05) is 17.0 Å². The number of rotatable bonds is 4. The number of ether oxygens (including phenoxy) is 1. The third kappa shape index (κ3) is 3.08. The molecule has 1 N–H and O–H groups in total. The molecule has 1 atom stereocenters. The smallest absolute Gasteiger partial charge is 0.162 e. The van der Waals surface area contributed by atoms with Crippen LogP contribution >= 0.6 is 11.6 Å². The molecular weight excluding hydrogens is 286 g/mol. The van der Waals surface area contributed by atoms with E-state index in [4.69, 9.17) is 16.3 Å². The molecule has 0 aromatic heterocycles.